The predicted octanol–water partition coefficient (Wildman–Crippen LogP) is 0.315. The van der Waals surface area contributed by atoms with Crippen LogP contribution >= 0.6 is 0 Å². The highest BCUT2D eigenvalue weighted by molar-refractivity contribution is 5.83. The zero-order valence-corrected chi connectivity index (χ0v) is 8.50. The van der Waals surface area contributed by atoms with Crippen LogP contribution in [0.4, 0.5) is 6.01 Å². The molecular formula is C8H14N4O2. The second-order valence-corrected chi connectivity index (χ2v) is 2.91. The van der Waals surface area contributed by atoms with E-state index in [-0.39, 0.29) is 18.0 Å². The molecule has 6 heteroatoms. The van der Waals surface area contributed by atoms with Gasteiger partial charge in [-0.3, -0.25) is 4.79 Å². The number of aryl methyl sites for hydroxylation is 1. The highest BCUT2D eigenvalue weighted by Crippen LogP contribution is 2.03. The lowest BCUT2D eigenvalue weighted by Gasteiger charge is -2.10. The van der Waals surface area contributed by atoms with Crippen molar-refractivity contribution in [3.05, 3.63) is 5.82 Å². The number of nitrogens with one attached hydrogen (secondary N) is 2. The lowest BCUT2D eigenvalue weighted by Crippen LogP contribution is -2.37. The van der Waals surface area contributed by atoms with Crippen molar-refractivity contribution in [2.75, 3.05) is 11.9 Å². The Morgan fingerprint density at radius 3 is 2.86 bits per heavy atom. The minimum atomic E-state index is -0.380. The van der Waals surface area contributed by atoms with Gasteiger partial charge < -0.3 is 15.2 Å². The van der Waals surface area contributed by atoms with E-state index in [0.29, 0.717) is 12.4 Å². The highest BCUT2D eigenvalue weighted by atomic mass is 16.5. The van der Waals surface area contributed by atoms with E-state index in [1.165, 1.54) is 0 Å². The minimum absolute atomic E-state index is 0.0941. The van der Waals surface area contributed by atoms with Crippen LogP contribution in [0.3, 0.4) is 0 Å². The first-order valence-corrected chi connectivity index (χ1v) is 4.48. The minimum Gasteiger partial charge on any atom is -0.355 e. The molecule has 0 aliphatic heterocycles. The van der Waals surface area contributed by atoms with Crippen LogP contribution in [0.25, 0.3) is 0 Å². The average molecular weight is 198 g/mol. The van der Waals surface area contributed by atoms with E-state index < -0.39 is 0 Å². The standard InChI is InChI=1S/C8H14N4O2/c1-4-9-7(13)5(2)10-8-11-6(3)12-14-8/h5H,4H2,1-3H3,(H,9,13)(H,10,11,12). The molecule has 0 aliphatic rings. The van der Waals surface area contributed by atoms with Crippen molar-refractivity contribution in [1.29, 1.82) is 0 Å². The van der Waals surface area contributed by atoms with E-state index >= 15 is 0 Å². The number of carbonyl (C=O) groups is 1. The molecule has 1 aromatic heterocycles. The first kappa shape index (κ1) is 10.5. The van der Waals surface area contributed by atoms with Crippen LogP contribution in [0.2, 0.25) is 0 Å². The molecule has 6 nitrogen and oxygen atoms in total. The molecular weight excluding hydrogens is 184 g/mol. The summed E-state index contributed by atoms with van der Waals surface area (Å²) in [5.74, 6) is 0.443. The Morgan fingerprint density at radius 1 is 1.64 bits per heavy atom. The summed E-state index contributed by atoms with van der Waals surface area (Å²) < 4.78 is 4.81. The molecule has 1 unspecified atom stereocenters. The largest absolute Gasteiger partial charge is 0.355 e. The second-order valence-electron chi connectivity index (χ2n) is 2.91. The van der Waals surface area contributed by atoms with E-state index in [1.54, 1.807) is 13.8 Å². The Morgan fingerprint density at radius 2 is 2.36 bits per heavy atom. The van der Waals surface area contributed by atoms with Gasteiger partial charge in [-0.25, -0.2) is 0 Å². The summed E-state index contributed by atoms with van der Waals surface area (Å²) in [4.78, 5) is 15.2. The molecule has 1 atom stereocenters. The summed E-state index contributed by atoms with van der Waals surface area (Å²) in [6.07, 6.45) is 0. The molecule has 0 radical (unpaired) electrons. The maximum atomic E-state index is 11.3. The van der Waals surface area contributed by atoms with Crippen LogP contribution in [-0.2, 0) is 4.79 Å². The van der Waals surface area contributed by atoms with E-state index in [2.05, 4.69) is 20.8 Å². The third-order valence-electron chi connectivity index (χ3n) is 1.61. The van der Waals surface area contributed by atoms with Crippen LogP contribution < -0.4 is 10.6 Å². The van der Waals surface area contributed by atoms with Crippen molar-refractivity contribution in [2.45, 2.75) is 26.8 Å². The molecule has 2 N–H and O–H groups in total. The topological polar surface area (TPSA) is 80.0 Å². The summed E-state index contributed by atoms with van der Waals surface area (Å²) in [6, 6.07) is -0.115. The Hall–Kier alpha value is -1.59. The zero-order valence-electron chi connectivity index (χ0n) is 8.50. The number of aromatic nitrogens is 2. The van der Waals surface area contributed by atoms with Gasteiger partial charge in [-0.2, -0.15) is 4.98 Å². The Bertz CT molecular complexity index is 310. The predicted molar refractivity (Wildman–Crippen MR) is 50.8 cm³/mol. The van der Waals surface area contributed by atoms with Crippen molar-refractivity contribution in [3.63, 3.8) is 0 Å². The van der Waals surface area contributed by atoms with Crippen molar-refractivity contribution >= 4 is 11.9 Å². The second kappa shape index (κ2) is 4.59. The lowest BCUT2D eigenvalue weighted by atomic mass is 10.3. The van der Waals surface area contributed by atoms with Gasteiger partial charge in [0.25, 0.3) is 0 Å². The summed E-state index contributed by atoms with van der Waals surface area (Å²) in [7, 11) is 0. The SMILES string of the molecule is CCNC(=O)C(C)Nc1nc(C)no1. The Balaban J connectivity index is 2.48. The number of rotatable bonds is 4. The Kier molecular flexibility index (Phi) is 3.44. The molecule has 0 saturated carbocycles. The first-order valence-electron chi connectivity index (χ1n) is 4.48. The van der Waals surface area contributed by atoms with Crippen molar-refractivity contribution in [3.8, 4) is 0 Å². The third-order valence-corrected chi connectivity index (χ3v) is 1.61. The van der Waals surface area contributed by atoms with E-state index in [0.717, 1.165) is 0 Å². The van der Waals surface area contributed by atoms with Gasteiger partial charge in [0.2, 0.25) is 5.91 Å². The number of carbonyl (C=O) groups excluding carboxylic acids is 1. The van der Waals surface area contributed by atoms with E-state index in [9.17, 15) is 4.79 Å². The molecule has 14 heavy (non-hydrogen) atoms. The molecule has 0 bridgehead atoms. The molecule has 1 aromatic rings. The van der Waals surface area contributed by atoms with Crippen molar-refractivity contribution in [2.24, 2.45) is 0 Å². The van der Waals surface area contributed by atoms with Gasteiger partial charge in [0.05, 0.1) is 0 Å². The van der Waals surface area contributed by atoms with Crippen molar-refractivity contribution in [1.82, 2.24) is 15.5 Å². The number of likely N-dealkylation sites (N-methyl/N-ethyl adjacent to an activating group) is 1. The van der Waals surface area contributed by atoms with Crippen LogP contribution in [0.15, 0.2) is 4.52 Å². The zero-order chi connectivity index (χ0) is 10.6. The molecule has 0 saturated heterocycles. The quantitative estimate of drug-likeness (QED) is 0.728. The lowest BCUT2D eigenvalue weighted by molar-refractivity contribution is -0.121. The smallest absolute Gasteiger partial charge is 0.322 e. The van der Waals surface area contributed by atoms with Gasteiger partial charge in [-0.15, -0.1) is 0 Å². The summed E-state index contributed by atoms with van der Waals surface area (Å²) in [6.45, 7) is 5.91. The van der Waals surface area contributed by atoms with Crippen molar-refractivity contribution < 1.29 is 9.32 Å². The van der Waals surface area contributed by atoms with Crippen LogP contribution in [0.5, 0.6) is 0 Å². The maximum Gasteiger partial charge on any atom is 0.322 e. The molecule has 1 amide bonds. The fourth-order valence-electron chi connectivity index (χ4n) is 0.934. The molecule has 1 rings (SSSR count). The van der Waals surface area contributed by atoms with Gasteiger partial charge in [-0.05, 0) is 20.8 Å². The number of amides is 1. The highest BCUT2D eigenvalue weighted by Gasteiger charge is 2.13. The van der Waals surface area contributed by atoms with Gasteiger partial charge in [0.1, 0.15) is 6.04 Å². The fourth-order valence-corrected chi connectivity index (χ4v) is 0.934. The monoisotopic (exact) mass is 198 g/mol. The Labute approximate surface area is 82.1 Å². The third kappa shape index (κ3) is 2.72. The number of hydrogen-bond acceptors (Lipinski definition) is 5. The molecule has 0 aliphatic carbocycles. The molecule has 78 valence electrons. The number of nitrogens with zero attached hydrogens (tertiary/aromatic N) is 2. The van der Waals surface area contributed by atoms with E-state index in [1.807, 2.05) is 6.92 Å². The van der Waals surface area contributed by atoms with Gasteiger partial charge in [0.15, 0.2) is 5.82 Å². The summed E-state index contributed by atoms with van der Waals surface area (Å²) >= 11 is 0. The van der Waals surface area contributed by atoms with Crippen LogP contribution in [0.1, 0.15) is 19.7 Å². The number of hydrogen-bond donors (Lipinski definition) is 2. The van der Waals surface area contributed by atoms with E-state index in [4.69, 9.17) is 4.52 Å². The van der Waals surface area contributed by atoms with Crippen LogP contribution in [-0.4, -0.2) is 28.6 Å². The molecule has 0 fully saturated rings. The summed E-state index contributed by atoms with van der Waals surface area (Å²) in [5, 5.41) is 9.07. The normalized spacial score (nSPS) is 12.2. The van der Waals surface area contributed by atoms with Crippen LogP contribution in [0, 0.1) is 6.92 Å². The average Bonchev–Trinajstić information content (AvgIpc) is 2.51. The number of anilines is 1. The molecule has 1 heterocycles. The summed E-state index contributed by atoms with van der Waals surface area (Å²) in [5.41, 5.74) is 0. The fraction of sp³-hybridized carbons (Fsp3) is 0.625. The molecule has 0 aromatic carbocycles. The van der Waals surface area contributed by atoms with Gasteiger partial charge in [0, 0.05) is 6.54 Å². The van der Waals surface area contributed by atoms with Gasteiger partial charge in [-0.1, -0.05) is 5.16 Å². The first-order chi connectivity index (χ1) is 6.63. The van der Waals surface area contributed by atoms with Gasteiger partial charge >= 0.3 is 6.01 Å². The molecule has 0 spiro atoms. The maximum absolute atomic E-state index is 11.3.